The third kappa shape index (κ3) is 2.58. The molecular formula is C13H19N3O. The molecule has 4 nitrogen and oxygen atoms in total. The molecule has 1 unspecified atom stereocenters. The van der Waals surface area contributed by atoms with E-state index in [1.807, 2.05) is 18.2 Å². The molecule has 1 aromatic carbocycles. The summed E-state index contributed by atoms with van der Waals surface area (Å²) in [6.07, 6.45) is 2.29. The Bertz CT molecular complexity index is 405. The van der Waals surface area contributed by atoms with Gasteiger partial charge < -0.3 is 16.4 Å². The number of hydrogen-bond donors (Lipinski definition) is 2. The van der Waals surface area contributed by atoms with Gasteiger partial charge in [0.1, 0.15) is 0 Å². The second-order valence-electron chi connectivity index (χ2n) is 4.57. The van der Waals surface area contributed by atoms with Gasteiger partial charge in [0.05, 0.1) is 5.56 Å². The number of carbonyl (C=O) groups is 1. The normalized spacial score (nSPS) is 20.3. The fourth-order valence-electron chi connectivity index (χ4n) is 2.43. The number of piperidine rings is 1. The van der Waals surface area contributed by atoms with Crippen LogP contribution in [-0.2, 0) is 0 Å². The minimum absolute atomic E-state index is 0.365. The molecule has 0 radical (unpaired) electrons. The lowest BCUT2D eigenvalue weighted by molar-refractivity contribution is 0.100. The van der Waals surface area contributed by atoms with Crippen molar-refractivity contribution in [2.75, 3.05) is 24.5 Å². The topological polar surface area (TPSA) is 72.3 Å². The molecule has 1 aliphatic heterocycles. The highest BCUT2D eigenvalue weighted by molar-refractivity contribution is 5.98. The van der Waals surface area contributed by atoms with Crippen LogP contribution in [0.2, 0.25) is 0 Å². The molecule has 1 saturated heterocycles. The van der Waals surface area contributed by atoms with Crippen LogP contribution in [0.15, 0.2) is 24.3 Å². The summed E-state index contributed by atoms with van der Waals surface area (Å²) in [5.41, 5.74) is 12.7. The van der Waals surface area contributed by atoms with Crippen molar-refractivity contribution in [3.63, 3.8) is 0 Å². The minimum Gasteiger partial charge on any atom is -0.371 e. The number of hydrogen-bond acceptors (Lipinski definition) is 3. The van der Waals surface area contributed by atoms with Gasteiger partial charge in [0, 0.05) is 18.8 Å². The maximum Gasteiger partial charge on any atom is 0.250 e. The average molecular weight is 233 g/mol. The summed E-state index contributed by atoms with van der Waals surface area (Å²) in [7, 11) is 0. The Morgan fingerprint density at radius 3 is 2.88 bits per heavy atom. The number of para-hydroxylation sites is 1. The smallest absolute Gasteiger partial charge is 0.250 e. The van der Waals surface area contributed by atoms with Gasteiger partial charge in [0.25, 0.3) is 5.91 Å². The largest absolute Gasteiger partial charge is 0.371 e. The molecule has 1 amide bonds. The molecule has 1 heterocycles. The van der Waals surface area contributed by atoms with Crippen LogP contribution < -0.4 is 16.4 Å². The van der Waals surface area contributed by atoms with Gasteiger partial charge in [-0.2, -0.15) is 0 Å². The molecule has 4 N–H and O–H groups in total. The van der Waals surface area contributed by atoms with E-state index in [4.69, 9.17) is 11.5 Å². The van der Waals surface area contributed by atoms with E-state index >= 15 is 0 Å². The predicted molar refractivity (Wildman–Crippen MR) is 69.0 cm³/mol. The second-order valence-corrected chi connectivity index (χ2v) is 4.57. The first-order chi connectivity index (χ1) is 8.22. The third-order valence-electron chi connectivity index (χ3n) is 3.36. The van der Waals surface area contributed by atoms with Crippen molar-refractivity contribution in [3.05, 3.63) is 29.8 Å². The van der Waals surface area contributed by atoms with E-state index in [0.717, 1.165) is 25.2 Å². The molecule has 0 spiro atoms. The van der Waals surface area contributed by atoms with Crippen molar-refractivity contribution in [2.45, 2.75) is 12.8 Å². The Hall–Kier alpha value is -1.55. The van der Waals surface area contributed by atoms with Crippen LogP contribution in [0.1, 0.15) is 23.2 Å². The van der Waals surface area contributed by atoms with Gasteiger partial charge in [-0.15, -0.1) is 0 Å². The molecule has 17 heavy (non-hydrogen) atoms. The zero-order chi connectivity index (χ0) is 12.3. The summed E-state index contributed by atoms with van der Waals surface area (Å²) in [5, 5.41) is 0. The lowest BCUT2D eigenvalue weighted by atomic mass is 9.97. The molecule has 0 aliphatic carbocycles. The van der Waals surface area contributed by atoms with Gasteiger partial charge in [-0.3, -0.25) is 4.79 Å². The predicted octanol–water partition coefficient (Wildman–Crippen LogP) is 0.961. The highest BCUT2D eigenvalue weighted by Gasteiger charge is 2.21. The van der Waals surface area contributed by atoms with Crippen molar-refractivity contribution in [1.82, 2.24) is 0 Å². The van der Waals surface area contributed by atoms with Crippen LogP contribution in [0.4, 0.5) is 5.69 Å². The SMILES string of the molecule is NCC1CCCN(c2ccccc2C(N)=O)C1. The molecule has 2 rings (SSSR count). The van der Waals surface area contributed by atoms with Gasteiger partial charge in [-0.25, -0.2) is 0 Å². The van der Waals surface area contributed by atoms with Gasteiger partial charge in [0.15, 0.2) is 0 Å². The summed E-state index contributed by atoms with van der Waals surface area (Å²) in [4.78, 5) is 13.6. The van der Waals surface area contributed by atoms with Crippen LogP contribution in [0.25, 0.3) is 0 Å². The number of amides is 1. The fraction of sp³-hybridized carbons (Fsp3) is 0.462. The molecule has 0 saturated carbocycles. The number of carbonyl (C=O) groups excluding carboxylic acids is 1. The standard InChI is InChI=1S/C13H19N3O/c14-8-10-4-3-7-16(9-10)12-6-2-1-5-11(12)13(15)17/h1-2,5-6,10H,3-4,7-9,14H2,(H2,15,17). The third-order valence-corrected chi connectivity index (χ3v) is 3.36. The summed E-state index contributed by atoms with van der Waals surface area (Å²) < 4.78 is 0. The zero-order valence-corrected chi connectivity index (χ0v) is 9.93. The molecule has 1 aliphatic rings. The zero-order valence-electron chi connectivity index (χ0n) is 9.93. The molecule has 1 atom stereocenters. The van der Waals surface area contributed by atoms with Crippen LogP contribution in [0.5, 0.6) is 0 Å². The average Bonchev–Trinajstić information content (AvgIpc) is 2.39. The Balaban J connectivity index is 2.24. The van der Waals surface area contributed by atoms with Gasteiger partial charge in [-0.1, -0.05) is 12.1 Å². The number of rotatable bonds is 3. The van der Waals surface area contributed by atoms with E-state index in [9.17, 15) is 4.79 Å². The van der Waals surface area contributed by atoms with Gasteiger partial charge in [0.2, 0.25) is 0 Å². The van der Waals surface area contributed by atoms with Crippen molar-refractivity contribution in [1.29, 1.82) is 0 Å². The van der Waals surface area contributed by atoms with Crippen molar-refractivity contribution in [2.24, 2.45) is 17.4 Å². The molecule has 1 fully saturated rings. The highest BCUT2D eigenvalue weighted by Crippen LogP contribution is 2.25. The number of nitrogens with two attached hydrogens (primary N) is 2. The van der Waals surface area contributed by atoms with E-state index in [2.05, 4.69) is 4.90 Å². The van der Waals surface area contributed by atoms with E-state index in [-0.39, 0.29) is 5.91 Å². The molecule has 92 valence electrons. The Kier molecular flexibility index (Phi) is 3.64. The Morgan fingerprint density at radius 1 is 1.41 bits per heavy atom. The first-order valence-corrected chi connectivity index (χ1v) is 6.06. The molecule has 0 bridgehead atoms. The molecule has 0 aromatic heterocycles. The van der Waals surface area contributed by atoms with Crippen molar-refractivity contribution < 1.29 is 4.79 Å². The quantitative estimate of drug-likeness (QED) is 0.816. The minimum atomic E-state index is -0.365. The Labute approximate surface area is 102 Å². The molecule has 4 heteroatoms. The van der Waals surface area contributed by atoms with Crippen LogP contribution >= 0.6 is 0 Å². The molecule has 1 aromatic rings. The lowest BCUT2D eigenvalue weighted by Gasteiger charge is -2.34. The first-order valence-electron chi connectivity index (χ1n) is 6.06. The van der Waals surface area contributed by atoms with Crippen LogP contribution in [-0.4, -0.2) is 25.5 Å². The maximum absolute atomic E-state index is 11.4. The van der Waals surface area contributed by atoms with Gasteiger partial charge in [-0.05, 0) is 37.4 Å². The number of anilines is 1. The molecular weight excluding hydrogens is 214 g/mol. The Morgan fingerprint density at radius 2 is 2.18 bits per heavy atom. The summed E-state index contributed by atoms with van der Waals surface area (Å²) in [5.74, 6) is 0.153. The van der Waals surface area contributed by atoms with Gasteiger partial charge >= 0.3 is 0 Å². The number of benzene rings is 1. The maximum atomic E-state index is 11.4. The van der Waals surface area contributed by atoms with Crippen molar-refractivity contribution >= 4 is 11.6 Å². The van der Waals surface area contributed by atoms with Crippen LogP contribution in [0, 0.1) is 5.92 Å². The first kappa shape index (κ1) is 11.9. The van der Waals surface area contributed by atoms with E-state index < -0.39 is 0 Å². The van der Waals surface area contributed by atoms with Crippen LogP contribution in [0.3, 0.4) is 0 Å². The van der Waals surface area contributed by atoms with E-state index in [1.54, 1.807) is 6.07 Å². The van der Waals surface area contributed by atoms with E-state index in [0.29, 0.717) is 18.0 Å². The lowest BCUT2D eigenvalue weighted by Crippen LogP contribution is -2.39. The number of nitrogens with zero attached hydrogens (tertiary/aromatic N) is 1. The second kappa shape index (κ2) is 5.19. The summed E-state index contributed by atoms with van der Waals surface area (Å²) >= 11 is 0. The highest BCUT2D eigenvalue weighted by atomic mass is 16.1. The monoisotopic (exact) mass is 233 g/mol. The summed E-state index contributed by atoms with van der Waals surface area (Å²) in [6, 6.07) is 7.52. The van der Waals surface area contributed by atoms with Crippen molar-refractivity contribution in [3.8, 4) is 0 Å². The fourth-order valence-corrected chi connectivity index (χ4v) is 2.43. The van der Waals surface area contributed by atoms with E-state index in [1.165, 1.54) is 6.42 Å². The summed E-state index contributed by atoms with van der Waals surface area (Å²) in [6.45, 7) is 2.59. The number of primary amides is 1.